The van der Waals surface area contributed by atoms with E-state index in [1.54, 1.807) is 0 Å². The van der Waals surface area contributed by atoms with Crippen LogP contribution in [0.2, 0.25) is 18.1 Å². The van der Waals surface area contributed by atoms with Gasteiger partial charge in [0.15, 0.2) is 8.32 Å². The molecule has 0 aromatic heterocycles. The van der Waals surface area contributed by atoms with E-state index in [-0.39, 0.29) is 17.7 Å². The van der Waals surface area contributed by atoms with Gasteiger partial charge < -0.3 is 9.53 Å². The fraction of sp³-hybridized carbons (Fsp3) is 1.00. The summed E-state index contributed by atoms with van der Waals surface area (Å²) >= 11 is 0. The van der Waals surface area contributed by atoms with Crippen LogP contribution in [0.4, 0.5) is 0 Å². The van der Waals surface area contributed by atoms with E-state index in [2.05, 4.69) is 40.8 Å². The molecule has 0 aliphatic heterocycles. The maximum atomic E-state index is 8.73. The van der Waals surface area contributed by atoms with Crippen molar-refractivity contribution in [3.8, 4) is 0 Å². The molecule has 0 aromatic carbocycles. The Morgan fingerprint density at radius 2 is 1.79 bits per heavy atom. The van der Waals surface area contributed by atoms with Crippen LogP contribution < -0.4 is 0 Å². The van der Waals surface area contributed by atoms with Gasteiger partial charge in [-0.15, -0.1) is 0 Å². The molecule has 0 saturated heterocycles. The van der Waals surface area contributed by atoms with Crippen molar-refractivity contribution < 1.29 is 9.53 Å². The van der Waals surface area contributed by atoms with Gasteiger partial charge in [-0.2, -0.15) is 0 Å². The Kier molecular flexibility index (Phi) is 5.34. The summed E-state index contributed by atoms with van der Waals surface area (Å²) in [6.07, 6.45) is 2.08. The molecule has 0 aromatic rings. The monoisotopic (exact) mass is 218 g/mol. The van der Waals surface area contributed by atoms with E-state index in [0.717, 1.165) is 12.8 Å². The molecule has 0 saturated carbocycles. The van der Waals surface area contributed by atoms with Crippen LogP contribution in [0.5, 0.6) is 0 Å². The third-order valence-corrected chi connectivity index (χ3v) is 7.67. The largest absolute Gasteiger partial charge is 0.414 e. The van der Waals surface area contributed by atoms with E-state index in [0.29, 0.717) is 0 Å². The first kappa shape index (κ1) is 14.1. The lowest BCUT2D eigenvalue weighted by Crippen LogP contribution is -2.43. The van der Waals surface area contributed by atoms with Gasteiger partial charge in [-0.25, -0.2) is 0 Å². The Morgan fingerprint density at radius 3 is 2.14 bits per heavy atom. The zero-order valence-corrected chi connectivity index (χ0v) is 11.6. The highest BCUT2D eigenvalue weighted by Gasteiger charge is 2.38. The van der Waals surface area contributed by atoms with Crippen LogP contribution in [-0.4, -0.2) is 26.1 Å². The maximum Gasteiger partial charge on any atom is 0.192 e. The molecule has 0 bridgehead atoms. The predicted octanol–water partition coefficient (Wildman–Crippen LogP) is 3.17. The van der Waals surface area contributed by atoms with Crippen LogP contribution in [0.3, 0.4) is 0 Å². The lowest BCUT2D eigenvalue weighted by atomic mass is 10.2. The van der Waals surface area contributed by atoms with Crippen molar-refractivity contribution >= 4 is 8.32 Å². The molecule has 0 radical (unpaired) electrons. The lowest BCUT2D eigenvalue weighted by Gasteiger charge is -2.38. The minimum Gasteiger partial charge on any atom is -0.414 e. The first-order valence-electron chi connectivity index (χ1n) is 5.49. The molecule has 2 nitrogen and oxygen atoms in total. The molecule has 0 unspecified atom stereocenters. The summed E-state index contributed by atoms with van der Waals surface area (Å²) in [7, 11) is -1.60. The number of rotatable bonds is 5. The van der Waals surface area contributed by atoms with E-state index >= 15 is 0 Å². The summed E-state index contributed by atoms with van der Waals surface area (Å²) in [4.78, 5) is 0. The second kappa shape index (κ2) is 5.28. The normalized spacial score (nSPS) is 15.6. The van der Waals surface area contributed by atoms with E-state index in [9.17, 15) is 0 Å². The highest BCUT2D eigenvalue weighted by molar-refractivity contribution is 6.74. The quantitative estimate of drug-likeness (QED) is 0.718. The van der Waals surface area contributed by atoms with Crippen LogP contribution in [0.25, 0.3) is 0 Å². The van der Waals surface area contributed by atoms with Gasteiger partial charge in [-0.05, 0) is 37.9 Å². The summed E-state index contributed by atoms with van der Waals surface area (Å²) in [5, 5.41) is 9.01. The van der Waals surface area contributed by atoms with Gasteiger partial charge in [0, 0.05) is 12.7 Å². The summed E-state index contributed by atoms with van der Waals surface area (Å²) in [5.41, 5.74) is 0. The van der Waals surface area contributed by atoms with Crippen LogP contribution >= 0.6 is 0 Å². The van der Waals surface area contributed by atoms with E-state index < -0.39 is 8.32 Å². The first-order chi connectivity index (χ1) is 6.20. The standard InChI is InChI=1S/C11H26O2Si/c1-10(8-7-9-12)13-14(5,6)11(2,3)4/h10,12H,7-9H2,1-6H3/t10-/m0/s1. The van der Waals surface area contributed by atoms with Crippen molar-refractivity contribution in [3.05, 3.63) is 0 Å². The molecular weight excluding hydrogens is 192 g/mol. The average Bonchev–Trinajstić information content (AvgIpc) is 1.97. The summed E-state index contributed by atoms with van der Waals surface area (Å²) in [5.74, 6) is 0. The van der Waals surface area contributed by atoms with Crippen LogP contribution in [0.15, 0.2) is 0 Å². The Morgan fingerprint density at radius 1 is 1.29 bits per heavy atom. The molecule has 0 aliphatic rings. The topological polar surface area (TPSA) is 29.5 Å². The van der Waals surface area contributed by atoms with Gasteiger partial charge in [0.1, 0.15) is 0 Å². The molecule has 0 rings (SSSR count). The predicted molar refractivity (Wildman–Crippen MR) is 64.1 cm³/mol. The number of hydrogen-bond donors (Lipinski definition) is 1. The van der Waals surface area contributed by atoms with Gasteiger partial charge in [-0.3, -0.25) is 0 Å². The van der Waals surface area contributed by atoms with Gasteiger partial charge in [0.2, 0.25) is 0 Å². The molecule has 86 valence electrons. The third-order valence-electron chi connectivity index (χ3n) is 3.07. The first-order valence-corrected chi connectivity index (χ1v) is 8.40. The van der Waals surface area contributed by atoms with Gasteiger partial charge >= 0.3 is 0 Å². The minimum atomic E-state index is -1.60. The third kappa shape index (κ3) is 4.58. The van der Waals surface area contributed by atoms with Crippen molar-refractivity contribution in [1.82, 2.24) is 0 Å². The molecule has 0 aliphatic carbocycles. The van der Waals surface area contributed by atoms with Crippen LogP contribution in [0.1, 0.15) is 40.5 Å². The zero-order valence-electron chi connectivity index (χ0n) is 10.6. The highest BCUT2D eigenvalue weighted by atomic mass is 28.4. The molecule has 3 heteroatoms. The van der Waals surface area contributed by atoms with Crippen molar-refractivity contribution in [2.24, 2.45) is 0 Å². The molecule has 0 heterocycles. The van der Waals surface area contributed by atoms with Crippen LogP contribution in [-0.2, 0) is 4.43 Å². The molecule has 1 N–H and O–H groups in total. The average molecular weight is 218 g/mol. The minimum absolute atomic E-state index is 0.269. The van der Waals surface area contributed by atoms with Gasteiger partial charge in [-0.1, -0.05) is 20.8 Å². The molecule has 1 atom stereocenters. The summed E-state index contributed by atoms with van der Waals surface area (Å²) in [6.45, 7) is 13.7. The Balaban J connectivity index is 4.08. The molecule has 0 amide bonds. The van der Waals surface area contributed by atoms with Crippen molar-refractivity contribution in [2.45, 2.75) is 64.8 Å². The van der Waals surface area contributed by atoms with E-state index in [1.165, 1.54) is 0 Å². The molecule has 0 fully saturated rings. The summed E-state index contributed by atoms with van der Waals surface area (Å²) < 4.78 is 6.13. The lowest BCUT2D eigenvalue weighted by molar-refractivity contribution is 0.172. The Bertz CT molecular complexity index is 161. The highest BCUT2D eigenvalue weighted by Crippen LogP contribution is 2.37. The second-order valence-electron chi connectivity index (χ2n) is 5.55. The van der Waals surface area contributed by atoms with Gasteiger partial charge in [0.25, 0.3) is 0 Å². The fourth-order valence-electron chi connectivity index (χ4n) is 1.12. The zero-order chi connectivity index (χ0) is 11.4. The molecule has 14 heavy (non-hydrogen) atoms. The smallest absolute Gasteiger partial charge is 0.192 e. The van der Waals surface area contributed by atoms with E-state index in [4.69, 9.17) is 9.53 Å². The van der Waals surface area contributed by atoms with Crippen molar-refractivity contribution in [2.75, 3.05) is 6.61 Å². The number of hydrogen-bond acceptors (Lipinski definition) is 2. The SMILES string of the molecule is C[C@@H](CCCO)O[Si](C)(C)C(C)(C)C. The number of aliphatic hydroxyl groups is 1. The maximum absolute atomic E-state index is 8.73. The number of aliphatic hydroxyl groups excluding tert-OH is 1. The molecular formula is C11H26O2Si. The van der Waals surface area contributed by atoms with E-state index in [1.807, 2.05) is 0 Å². The Labute approximate surface area is 89.8 Å². The fourth-order valence-corrected chi connectivity index (χ4v) is 2.59. The second-order valence-corrected chi connectivity index (χ2v) is 10.3. The Hall–Kier alpha value is 0.137. The summed E-state index contributed by atoms with van der Waals surface area (Å²) in [6, 6.07) is 0. The van der Waals surface area contributed by atoms with Crippen LogP contribution in [0, 0.1) is 0 Å². The molecule has 0 spiro atoms. The van der Waals surface area contributed by atoms with Crippen molar-refractivity contribution in [1.29, 1.82) is 0 Å². The van der Waals surface area contributed by atoms with Gasteiger partial charge in [0.05, 0.1) is 0 Å². The van der Waals surface area contributed by atoms with Crippen molar-refractivity contribution in [3.63, 3.8) is 0 Å².